The summed E-state index contributed by atoms with van der Waals surface area (Å²) in [7, 11) is 0. The van der Waals surface area contributed by atoms with Gasteiger partial charge in [0.05, 0.1) is 13.2 Å². The molecule has 0 atom stereocenters. The van der Waals surface area contributed by atoms with Gasteiger partial charge in [0, 0.05) is 44.5 Å². The fourth-order valence-electron chi connectivity index (χ4n) is 1.88. The van der Waals surface area contributed by atoms with Crippen molar-refractivity contribution in [2.45, 2.75) is 6.54 Å². The number of hydrogen-bond acceptors (Lipinski definition) is 4. The summed E-state index contributed by atoms with van der Waals surface area (Å²) in [5, 5.41) is 3.32. The Balaban J connectivity index is 1.64. The number of H-pyrrole nitrogens is 1. The van der Waals surface area contributed by atoms with Crippen LogP contribution in [0.15, 0.2) is 23.0 Å². The lowest BCUT2D eigenvalue weighted by Crippen LogP contribution is -2.40. The van der Waals surface area contributed by atoms with Crippen molar-refractivity contribution in [1.29, 1.82) is 0 Å². The molecule has 17 heavy (non-hydrogen) atoms. The van der Waals surface area contributed by atoms with E-state index in [1.807, 2.05) is 6.07 Å². The first-order chi connectivity index (χ1) is 8.34. The van der Waals surface area contributed by atoms with Gasteiger partial charge in [-0.2, -0.15) is 0 Å². The predicted molar refractivity (Wildman–Crippen MR) is 66.0 cm³/mol. The third-order valence-corrected chi connectivity index (χ3v) is 2.85. The number of pyridine rings is 1. The van der Waals surface area contributed by atoms with Gasteiger partial charge < -0.3 is 15.0 Å². The van der Waals surface area contributed by atoms with E-state index in [0.29, 0.717) is 6.54 Å². The van der Waals surface area contributed by atoms with E-state index in [4.69, 9.17) is 4.74 Å². The van der Waals surface area contributed by atoms with Gasteiger partial charge in [0.1, 0.15) is 0 Å². The van der Waals surface area contributed by atoms with Crippen LogP contribution in [-0.4, -0.2) is 49.3 Å². The molecule has 1 saturated heterocycles. The third kappa shape index (κ3) is 4.30. The topological polar surface area (TPSA) is 57.4 Å². The molecular formula is C12H19N3O2. The third-order valence-electron chi connectivity index (χ3n) is 2.85. The molecule has 1 aromatic heterocycles. The standard InChI is InChI=1S/C12H19N3O2/c16-12-3-1-2-11(14-12)10-13-4-5-15-6-8-17-9-7-15/h1-3,13H,4-10H2,(H,14,16). The normalized spacial score (nSPS) is 17.2. The molecule has 5 nitrogen and oxygen atoms in total. The Bertz CT molecular complexity index is 385. The van der Waals surface area contributed by atoms with Gasteiger partial charge in [-0.05, 0) is 6.07 Å². The molecule has 1 fully saturated rings. The second-order valence-electron chi connectivity index (χ2n) is 4.17. The molecule has 2 N–H and O–H groups in total. The summed E-state index contributed by atoms with van der Waals surface area (Å²) in [6.45, 7) is 6.38. The molecule has 1 aliphatic rings. The van der Waals surface area contributed by atoms with Crippen LogP contribution in [-0.2, 0) is 11.3 Å². The molecule has 2 heterocycles. The quantitative estimate of drug-likeness (QED) is 0.696. The highest BCUT2D eigenvalue weighted by Gasteiger charge is 2.08. The first kappa shape index (κ1) is 12.3. The van der Waals surface area contributed by atoms with Crippen LogP contribution < -0.4 is 10.9 Å². The average Bonchev–Trinajstić information content (AvgIpc) is 2.36. The number of ether oxygens (including phenoxy) is 1. The van der Waals surface area contributed by atoms with Crippen LogP contribution in [0.4, 0.5) is 0 Å². The van der Waals surface area contributed by atoms with Crippen LogP contribution >= 0.6 is 0 Å². The zero-order chi connectivity index (χ0) is 11.9. The molecule has 1 aromatic rings. The lowest BCUT2D eigenvalue weighted by atomic mass is 10.3. The van der Waals surface area contributed by atoms with Crippen molar-refractivity contribution in [3.8, 4) is 0 Å². The summed E-state index contributed by atoms with van der Waals surface area (Å²) in [5.41, 5.74) is 0.886. The summed E-state index contributed by atoms with van der Waals surface area (Å²) in [4.78, 5) is 16.2. The number of rotatable bonds is 5. The number of nitrogens with one attached hydrogen (secondary N) is 2. The number of aromatic nitrogens is 1. The fraction of sp³-hybridized carbons (Fsp3) is 0.583. The summed E-state index contributed by atoms with van der Waals surface area (Å²) >= 11 is 0. The molecule has 94 valence electrons. The van der Waals surface area contributed by atoms with E-state index >= 15 is 0 Å². The van der Waals surface area contributed by atoms with Gasteiger partial charge >= 0.3 is 0 Å². The number of aromatic amines is 1. The Morgan fingerprint density at radius 3 is 2.94 bits per heavy atom. The van der Waals surface area contributed by atoms with E-state index in [-0.39, 0.29) is 5.56 Å². The maximum atomic E-state index is 11.1. The van der Waals surface area contributed by atoms with Gasteiger partial charge in [-0.25, -0.2) is 0 Å². The molecule has 0 bridgehead atoms. The average molecular weight is 237 g/mol. The molecule has 5 heteroatoms. The highest BCUT2D eigenvalue weighted by atomic mass is 16.5. The van der Waals surface area contributed by atoms with E-state index in [1.54, 1.807) is 6.07 Å². The number of nitrogens with zero attached hydrogens (tertiary/aromatic N) is 1. The molecule has 0 radical (unpaired) electrons. The van der Waals surface area contributed by atoms with E-state index in [0.717, 1.165) is 45.1 Å². The van der Waals surface area contributed by atoms with Crippen molar-refractivity contribution in [1.82, 2.24) is 15.2 Å². The van der Waals surface area contributed by atoms with E-state index in [9.17, 15) is 4.79 Å². The minimum absolute atomic E-state index is 0.0440. The van der Waals surface area contributed by atoms with E-state index < -0.39 is 0 Å². The fourth-order valence-corrected chi connectivity index (χ4v) is 1.88. The Morgan fingerprint density at radius 2 is 2.18 bits per heavy atom. The highest BCUT2D eigenvalue weighted by Crippen LogP contribution is 1.95. The molecule has 0 saturated carbocycles. The smallest absolute Gasteiger partial charge is 0.248 e. The monoisotopic (exact) mass is 237 g/mol. The zero-order valence-electron chi connectivity index (χ0n) is 9.95. The molecule has 0 aliphatic carbocycles. The Morgan fingerprint density at radius 1 is 1.35 bits per heavy atom. The first-order valence-electron chi connectivity index (χ1n) is 6.03. The maximum Gasteiger partial charge on any atom is 0.248 e. The van der Waals surface area contributed by atoms with Crippen molar-refractivity contribution in [2.24, 2.45) is 0 Å². The van der Waals surface area contributed by atoms with Crippen LogP contribution in [0.25, 0.3) is 0 Å². The minimum atomic E-state index is -0.0440. The molecule has 0 spiro atoms. The van der Waals surface area contributed by atoms with Gasteiger partial charge in [0.25, 0.3) is 0 Å². The van der Waals surface area contributed by atoms with Crippen LogP contribution in [0.5, 0.6) is 0 Å². The number of morpholine rings is 1. The highest BCUT2D eigenvalue weighted by molar-refractivity contribution is 5.03. The van der Waals surface area contributed by atoms with Crippen molar-refractivity contribution < 1.29 is 4.74 Å². The van der Waals surface area contributed by atoms with Crippen LogP contribution in [0.1, 0.15) is 5.69 Å². The molecule has 0 unspecified atom stereocenters. The summed E-state index contributed by atoms with van der Waals surface area (Å²) in [5.74, 6) is 0. The Hall–Kier alpha value is -1.17. The van der Waals surface area contributed by atoms with Crippen molar-refractivity contribution in [3.05, 3.63) is 34.2 Å². The van der Waals surface area contributed by atoms with Crippen LogP contribution in [0.3, 0.4) is 0 Å². The van der Waals surface area contributed by atoms with Crippen LogP contribution in [0, 0.1) is 0 Å². The van der Waals surface area contributed by atoms with Crippen LogP contribution in [0.2, 0.25) is 0 Å². The lowest BCUT2D eigenvalue weighted by Gasteiger charge is -2.26. The number of hydrogen-bond donors (Lipinski definition) is 2. The van der Waals surface area contributed by atoms with Gasteiger partial charge in [-0.1, -0.05) is 6.07 Å². The van der Waals surface area contributed by atoms with Gasteiger partial charge in [0.15, 0.2) is 0 Å². The van der Waals surface area contributed by atoms with Crippen molar-refractivity contribution in [3.63, 3.8) is 0 Å². The second kappa shape index (κ2) is 6.54. The predicted octanol–water partition coefficient (Wildman–Crippen LogP) is -0.203. The van der Waals surface area contributed by atoms with E-state index in [2.05, 4.69) is 15.2 Å². The first-order valence-corrected chi connectivity index (χ1v) is 6.03. The maximum absolute atomic E-state index is 11.1. The summed E-state index contributed by atoms with van der Waals surface area (Å²) in [6.07, 6.45) is 0. The molecule has 1 aliphatic heterocycles. The molecular weight excluding hydrogens is 218 g/mol. The summed E-state index contributed by atoms with van der Waals surface area (Å²) in [6, 6.07) is 5.22. The van der Waals surface area contributed by atoms with Gasteiger partial charge in [-0.3, -0.25) is 9.69 Å². The van der Waals surface area contributed by atoms with Gasteiger partial charge in [0.2, 0.25) is 5.56 Å². The Kier molecular flexibility index (Phi) is 4.73. The molecule has 2 rings (SSSR count). The second-order valence-corrected chi connectivity index (χ2v) is 4.17. The largest absolute Gasteiger partial charge is 0.379 e. The van der Waals surface area contributed by atoms with Crippen molar-refractivity contribution in [2.75, 3.05) is 39.4 Å². The molecule has 0 aromatic carbocycles. The summed E-state index contributed by atoms with van der Waals surface area (Å²) < 4.78 is 5.29. The lowest BCUT2D eigenvalue weighted by molar-refractivity contribution is 0.0384. The van der Waals surface area contributed by atoms with Crippen molar-refractivity contribution >= 4 is 0 Å². The van der Waals surface area contributed by atoms with Gasteiger partial charge in [-0.15, -0.1) is 0 Å². The zero-order valence-corrected chi connectivity index (χ0v) is 9.95. The molecule has 0 amide bonds. The van der Waals surface area contributed by atoms with E-state index in [1.165, 1.54) is 6.07 Å². The SMILES string of the molecule is O=c1cccc(CNCCN2CCOCC2)[nH]1. The Labute approximate surface area is 101 Å². The minimum Gasteiger partial charge on any atom is -0.379 e.